The van der Waals surface area contributed by atoms with Gasteiger partial charge in [-0.3, -0.25) is 4.79 Å². The number of rotatable bonds is 0. The number of carbonyl (C=O) groups excluding carboxylic acids is 1. The maximum absolute atomic E-state index is 11.3. The molecule has 74 valence electrons. The third-order valence-electron chi connectivity index (χ3n) is 1.93. The van der Waals surface area contributed by atoms with E-state index in [-0.39, 0.29) is 22.9 Å². The molecule has 1 aromatic heterocycles. The summed E-state index contributed by atoms with van der Waals surface area (Å²) in [4.78, 5) is 20.4. The molecule has 0 bridgehead atoms. The lowest BCUT2D eigenvalue weighted by atomic mass is 10.3. The highest BCUT2D eigenvalue weighted by Gasteiger charge is 2.25. The van der Waals surface area contributed by atoms with Crippen molar-refractivity contribution in [1.82, 2.24) is 9.97 Å². The lowest BCUT2D eigenvalue weighted by Gasteiger charge is -2.25. The van der Waals surface area contributed by atoms with E-state index in [2.05, 4.69) is 15.3 Å². The van der Waals surface area contributed by atoms with Crippen LogP contribution in [-0.2, 0) is 4.79 Å². The van der Waals surface area contributed by atoms with Gasteiger partial charge in [0, 0.05) is 7.05 Å². The molecule has 2 rings (SSSR count). The number of hydrogen-bond donors (Lipinski definition) is 1. The van der Waals surface area contributed by atoms with Crippen LogP contribution >= 0.6 is 23.2 Å². The van der Waals surface area contributed by atoms with Crippen molar-refractivity contribution in [3.8, 4) is 0 Å². The number of aromatic nitrogens is 2. The maximum atomic E-state index is 11.3. The summed E-state index contributed by atoms with van der Waals surface area (Å²) in [5.74, 6) is 0.391. The van der Waals surface area contributed by atoms with E-state index in [1.165, 1.54) is 4.90 Å². The molecule has 0 radical (unpaired) electrons. The van der Waals surface area contributed by atoms with Crippen LogP contribution in [0.25, 0.3) is 0 Å². The van der Waals surface area contributed by atoms with Crippen molar-refractivity contribution in [2.75, 3.05) is 23.8 Å². The van der Waals surface area contributed by atoms with Crippen LogP contribution in [0.3, 0.4) is 0 Å². The minimum atomic E-state index is -0.0923. The van der Waals surface area contributed by atoms with Gasteiger partial charge in [0.15, 0.2) is 11.0 Å². The number of fused-ring (bicyclic) bond motifs is 1. The smallest absolute Gasteiger partial charge is 0.246 e. The Bertz CT molecular complexity index is 409. The summed E-state index contributed by atoms with van der Waals surface area (Å²) in [6, 6.07) is 0. The SMILES string of the molecule is CN1C(=O)CNc2nc(Cl)nc(Cl)c21. The van der Waals surface area contributed by atoms with E-state index in [1.54, 1.807) is 7.05 Å². The van der Waals surface area contributed by atoms with Crippen LogP contribution in [0.1, 0.15) is 0 Å². The van der Waals surface area contributed by atoms with E-state index in [4.69, 9.17) is 23.2 Å². The van der Waals surface area contributed by atoms with Gasteiger partial charge in [0.05, 0.1) is 6.54 Å². The summed E-state index contributed by atoms with van der Waals surface area (Å²) < 4.78 is 0. The van der Waals surface area contributed by atoms with Gasteiger partial charge in [-0.1, -0.05) is 11.6 Å². The molecule has 0 aliphatic carbocycles. The predicted octanol–water partition coefficient (Wildman–Crippen LogP) is 1.17. The molecule has 5 nitrogen and oxygen atoms in total. The Morgan fingerprint density at radius 3 is 2.86 bits per heavy atom. The minimum absolute atomic E-state index is 0.0593. The van der Waals surface area contributed by atoms with Crippen LogP contribution in [-0.4, -0.2) is 29.5 Å². The molecule has 1 amide bonds. The summed E-state index contributed by atoms with van der Waals surface area (Å²) in [5.41, 5.74) is 0.465. The molecule has 0 unspecified atom stereocenters. The molecule has 0 fully saturated rings. The molecule has 0 saturated carbocycles. The number of halogens is 2. The second-order valence-electron chi connectivity index (χ2n) is 2.79. The van der Waals surface area contributed by atoms with E-state index in [1.807, 2.05) is 0 Å². The second kappa shape index (κ2) is 3.25. The second-order valence-corrected chi connectivity index (χ2v) is 3.48. The molecule has 0 spiro atoms. The molecule has 0 atom stereocenters. The van der Waals surface area contributed by atoms with Crippen LogP contribution in [0, 0.1) is 0 Å². The highest BCUT2D eigenvalue weighted by Crippen LogP contribution is 2.33. The van der Waals surface area contributed by atoms with Crippen molar-refractivity contribution in [1.29, 1.82) is 0 Å². The van der Waals surface area contributed by atoms with Crippen LogP contribution in [0.15, 0.2) is 0 Å². The average molecular weight is 233 g/mol. The number of carbonyl (C=O) groups is 1. The van der Waals surface area contributed by atoms with Gasteiger partial charge in [-0.25, -0.2) is 4.98 Å². The van der Waals surface area contributed by atoms with Crippen molar-refractivity contribution in [2.45, 2.75) is 0 Å². The van der Waals surface area contributed by atoms with Gasteiger partial charge < -0.3 is 10.2 Å². The van der Waals surface area contributed by atoms with E-state index in [0.29, 0.717) is 11.5 Å². The van der Waals surface area contributed by atoms with Gasteiger partial charge in [-0.05, 0) is 11.6 Å². The number of likely N-dealkylation sites (N-methyl/N-ethyl adjacent to an activating group) is 1. The highest BCUT2D eigenvalue weighted by molar-refractivity contribution is 6.35. The fourth-order valence-corrected chi connectivity index (χ4v) is 1.73. The Labute approximate surface area is 90.0 Å². The first-order chi connectivity index (χ1) is 6.59. The van der Waals surface area contributed by atoms with Crippen LogP contribution in [0.2, 0.25) is 10.4 Å². The average Bonchev–Trinajstić information content (AvgIpc) is 2.10. The monoisotopic (exact) mass is 232 g/mol. The molecule has 0 saturated heterocycles. The van der Waals surface area contributed by atoms with Gasteiger partial charge in [0.1, 0.15) is 5.69 Å². The van der Waals surface area contributed by atoms with E-state index < -0.39 is 0 Å². The number of hydrogen-bond acceptors (Lipinski definition) is 4. The number of nitrogens with zero attached hydrogens (tertiary/aromatic N) is 3. The summed E-state index contributed by atoms with van der Waals surface area (Å²) >= 11 is 11.5. The van der Waals surface area contributed by atoms with Gasteiger partial charge in [0.25, 0.3) is 0 Å². The Morgan fingerprint density at radius 1 is 1.43 bits per heavy atom. The Morgan fingerprint density at radius 2 is 2.14 bits per heavy atom. The van der Waals surface area contributed by atoms with E-state index in [0.717, 1.165) is 0 Å². The quantitative estimate of drug-likeness (QED) is 0.539. The summed E-state index contributed by atoms with van der Waals surface area (Å²) in [7, 11) is 1.62. The fourth-order valence-electron chi connectivity index (χ4n) is 1.22. The molecule has 1 N–H and O–H groups in total. The lowest BCUT2D eigenvalue weighted by Crippen LogP contribution is -2.37. The zero-order valence-corrected chi connectivity index (χ0v) is 8.72. The minimum Gasteiger partial charge on any atom is -0.359 e. The molecular weight excluding hydrogens is 227 g/mol. The third-order valence-corrected chi connectivity index (χ3v) is 2.36. The molecule has 1 aliphatic rings. The van der Waals surface area contributed by atoms with Gasteiger partial charge >= 0.3 is 0 Å². The predicted molar refractivity (Wildman–Crippen MR) is 54.0 cm³/mol. The molecule has 14 heavy (non-hydrogen) atoms. The van der Waals surface area contributed by atoms with Crippen molar-refractivity contribution < 1.29 is 4.79 Å². The largest absolute Gasteiger partial charge is 0.359 e. The van der Waals surface area contributed by atoms with Crippen molar-refractivity contribution >= 4 is 40.6 Å². The summed E-state index contributed by atoms with van der Waals surface area (Å²) in [6.07, 6.45) is 0. The Kier molecular flexibility index (Phi) is 2.20. The standard InChI is InChI=1S/C7H6Cl2N4O/c1-13-3(14)2-10-6-4(13)5(8)11-7(9)12-6/h2H2,1H3,(H,10,11,12). The zero-order chi connectivity index (χ0) is 10.3. The molecule has 7 heteroatoms. The first kappa shape index (κ1) is 9.48. The van der Waals surface area contributed by atoms with Crippen LogP contribution in [0.5, 0.6) is 0 Å². The van der Waals surface area contributed by atoms with Crippen molar-refractivity contribution in [2.24, 2.45) is 0 Å². The van der Waals surface area contributed by atoms with E-state index in [9.17, 15) is 4.79 Å². The van der Waals surface area contributed by atoms with Gasteiger partial charge in [0.2, 0.25) is 11.2 Å². The number of anilines is 2. The summed E-state index contributed by atoms with van der Waals surface area (Å²) in [5, 5.41) is 3.04. The van der Waals surface area contributed by atoms with Crippen molar-refractivity contribution in [3.05, 3.63) is 10.4 Å². The molecule has 2 heterocycles. The van der Waals surface area contributed by atoms with Crippen molar-refractivity contribution in [3.63, 3.8) is 0 Å². The normalized spacial score (nSPS) is 15.1. The maximum Gasteiger partial charge on any atom is 0.246 e. The molecular formula is C7H6Cl2N4O. The van der Waals surface area contributed by atoms with Gasteiger partial charge in [-0.2, -0.15) is 4.98 Å². The van der Waals surface area contributed by atoms with Crippen LogP contribution in [0.4, 0.5) is 11.5 Å². The Balaban J connectivity index is 2.60. The first-order valence-corrected chi connectivity index (χ1v) is 4.58. The molecule has 1 aliphatic heterocycles. The van der Waals surface area contributed by atoms with E-state index >= 15 is 0 Å². The Hall–Kier alpha value is -1.07. The summed E-state index contributed by atoms with van der Waals surface area (Å²) in [6.45, 7) is 0.188. The fraction of sp³-hybridized carbons (Fsp3) is 0.286. The number of amides is 1. The first-order valence-electron chi connectivity index (χ1n) is 3.83. The molecule has 1 aromatic rings. The lowest BCUT2D eigenvalue weighted by molar-refractivity contribution is -0.116. The zero-order valence-electron chi connectivity index (χ0n) is 7.21. The van der Waals surface area contributed by atoms with Crippen LogP contribution < -0.4 is 10.2 Å². The number of nitrogens with one attached hydrogen (secondary N) is 1. The third kappa shape index (κ3) is 1.38. The highest BCUT2D eigenvalue weighted by atomic mass is 35.5. The molecule has 0 aromatic carbocycles. The topological polar surface area (TPSA) is 58.1 Å². The van der Waals surface area contributed by atoms with Gasteiger partial charge in [-0.15, -0.1) is 0 Å².